The number of hydrogen-bond acceptors (Lipinski definition) is 3. The molecule has 2 unspecified atom stereocenters. The van der Waals surface area contributed by atoms with Gasteiger partial charge in [0.25, 0.3) is 0 Å². The van der Waals surface area contributed by atoms with Crippen LogP contribution >= 0.6 is 0 Å². The molecule has 0 aromatic carbocycles. The van der Waals surface area contributed by atoms with Crippen LogP contribution in [0.3, 0.4) is 0 Å². The molecule has 2 atom stereocenters. The maximum atomic E-state index is 11.8. The van der Waals surface area contributed by atoms with Crippen molar-refractivity contribution in [3.63, 3.8) is 0 Å². The largest absolute Gasteiger partial charge is 0.317 e. The third-order valence-electron chi connectivity index (χ3n) is 3.32. The summed E-state index contributed by atoms with van der Waals surface area (Å²) < 4.78 is 0. The van der Waals surface area contributed by atoms with E-state index in [1.807, 2.05) is 6.92 Å². The Bertz CT molecular complexity index is 270. The Morgan fingerprint density at radius 1 is 1.27 bits per heavy atom. The molecule has 0 bridgehead atoms. The molecule has 0 radical (unpaired) electrons. The summed E-state index contributed by atoms with van der Waals surface area (Å²) in [6.07, 6.45) is 3.32. The van der Waals surface area contributed by atoms with Crippen LogP contribution < -0.4 is 5.32 Å². The van der Waals surface area contributed by atoms with E-state index >= 15 is 0 Å². The van der Waals surface area contributed by atoms with Gasteiger partial charge in [0, 0.05) is 18.4 Å². The predicted octanol–water partition coefficient (Wildman–Crippen LogP) is 0.523. The van der Waals surface area contributed by atoms with Gasteiger partial charge in [0.1, 0.15) is 0 Å². The van der Waals surface area contributed by atoms with E-state index in [0.717, 1.165) is 32.4 Å². The molecule has 2 saturated heterocycles. The summed E-state index contributed by atoms with van der Waals surface area (Å²) in [6, 6.07) is 0.143. The van der Waals surface area contributed by atoms with Gasteiger partial charge in [-0.3, -0.25) is 14.5 Å². The summed E-state index contributed by atoms with van der Waals surface area (Å²) in [4.78, 5) is 25.0. The van der Waals surface area contributed by atoms with Crippen LogP contribution in [-0.2, 0) is 9.59 Å². The molecule has 2 aliphatic heterocycles. The fourth-order valence-electron chi connectivity index (χ4n) is 2.45. The lowest BCUT2D eigenvalue weighted by atomic mass is 10.1. The van der Waals surface area contributed by atoms with Crippen molar-refractivity contribution < 1.29 is 9.59 Å². The third-order valence-corrected chi connectivity index (χ3v) is 3.32. The minimum Gasteiger partial charge on any atom is -0.317 e. The van der Waals surface area contributed by atoms with Crippen LogP contribution in [0.4, 0.5) is 0 Å². The number of rotatable bonds is 1. The molecule has 2 aliphatic rings. The lowest BCUT2D eigenvalue weighted by molar-refractivity contribution is -0.142. The number of carbonyl (C=O) groups is 2. The Morgan fingerprint density at radius 3 is 2.73 bits per heavy atom. The highest BCUT2D eigenvalue weighted by atomic mass is 16.2. The molecular formula is C11H18N2O2. The minimum atomic E-state index is -0.103. The van der Waals surface area contributed by atoms with Gasteiger partial charge >= 0.3 is 0 Å². The number of nitrogens with zero attached hydrogens (tertiary/aromatic N) is 1. The Balaban J connectivity index is 2.07. The summed E-state index contributed by atoms with van der Waals surface area (Å²) in [5.41, 5.74) is 0. The second kappa shape index (κ2) is 4.31. The van der Waals surface area contributed by atoms with Crippen molar-refractivity contribution in [2.24, 2.45) is 5.92 Å². The van der Waals surface area contributed by atoms with Crippen LogP contribution in [-0.4, -0.2) is 35.8 Å². The van der Waals surface area contributed by atoms with E-state index in [1.165, 1.54) is 4.90 Å². The standard InChI is InChI=1S/C11H18N2O2/c1-8-7-10(14)13(11(8)15)9-3-2-5-12-6-4-9/h8-9,12H,2-7H2,1H3. The topological polar surface area (TPSA) is 49.4 Å². The lowest BCUT2D eigenvalue weighted by Crippen LogP contribution is -2.40. The van der Waals surface area contributed by atoms with Crippen LogP contribution in [0.15, 0.2) is 0 Å². The minimum absolute atomic E-state index is 0.0272. The molecule has 15 heavy (non-hydrogen) atoms. The number of imide groups is 1. The normalized spacial score (nSPS) is 33.3. The SMILES string of the molecule is CC1CC(=O)N(C2CCCNCC2)C1=O. The van der Waals surface area contributed by atoms with Crippen LogP contribution in [0.1, 0.15) is 32.6 Å². The first-order valence-corrected chi connectivity index (χ1v) is 5.77. The molecule has 4 nitrogen and oxygen atoms in total. The summed E-state index contributed by atoms with van der Waals surface area (Å²) in [7, 11) is 0. The van der Waals surface area contributed by atoms with Crippen molar-refractivity contribution in [2.75, 3.05) is 13.1 Å². The number of likely N-dealkylation sites (tertiary alicyclic amines) is 1. The molecular weight excluding hydrogens is 192 g/mol. The van der Waals surface area contributed by atoms with Crippen molar-refractivity contribution in [2.45, 2.75) is 38.6 Å². The van der Waals surface area contributed by atoms with Gasteiger partial charge in [0.05, 0.1) is 0 Å². The van der Waals surface area contributed by atoms with E-state index in [-0.39, 0.29) is 23.8 Å². The fourth-order valence-corrected chi connectivity index (χ4v) is 2.45. The molecule has 2 rings (SSSR count). The zero-order valence-corrected chi connectivity index (χ0v) is 9.16. The molecule has 4 heteroatoms. The molecule has 0 aromatic rings. The number of nitrogens with one attached hydrogen (secondary N) is 1. The van der Waals surface area contributed by atoms with E-state index in [2.05, 4.69) is 5.32 Å². The molecule has 0 spiro atoms. The second-order valence-corrected chi connectivity index (χ2v) is 4.54. The van der Waals surface area contributed by atoms with E-state index in [0.29, 0.717) is 6.42 Å². The first-order chi connectivity index (χ1) is 7.20. The van der Waals surface area contributed by atoms with Gasteiger partial charge in [-0.2, -0.15) is 0 Å². The molecule has 1 N–H and O–H groups in total. The highest BCUT2D eigenvalue weighted by Crippen LogP contribution is 2.25. The summed E-state index contributed by atoms with van der Waals surface area (Å²) in [5.74, 6) is -0.0417. The second-order valence-electron chi connectivity index (χ2n) is 4.54. The van der Waals surface area contributed by atoms with E-state index < -0.39 is 0 Å². The van der Waals surface area contributed by atoms with Crippen LogP contribution in [0, 0.1) is 5.92 Å². The highest BCUT2D eigenvalue weighted by molar-refractivity contribution is 6.03. The monoisotopic (exact) mass is 210 g/mol. The summed E-state index contributed by atoms with van der Waals surface area (Å²) in [6.45, 7) is 3.76. The molecule has 0 aromatic heterocycles. The van der Waals surface area contributed by atoms with Crippen molar-refractivity contribution in [1.82, 2.24) is 10.2 Å². The Hall–Kier alpha value is -0.900. The molecule has 2 heterocycles. The van der Waals surface area contributed by atoms with Crippen molar-refractivity contribution in [3.05, 3.63) is 0 Å². The zero-order chi connectivity index (χ0) is 10.8. The number of amides is 2. The summed E-state index contributed by atoms with van der Waals surface area (Å²) >= 11 is 0. The highest BCUT2D eigenvalue weighted by Gasteiger charge is 2.39. The lowest BCUT2D eigenvalue weighted by Gasteiger charge is -2.24. The van der Waals surface area contributed by atoms with Gasteiger partial charge in [0.15, 0.2) is 0 Å². The van der Waals surface area contributed by atoms with Crippen LogP contribution in [0.5, 0.6) is 0 Å². The van der Waals surface area contributed by atoms with E-state index in [4.69, 9.17) is 0 Å². The quantitative estimate of drug-likeness (QED) is 0.642. The predicted molar refractivity (Wildman–Crippen MR) is 56.1 cm³/mol. The molecule has 2 amide bonds. The first-order valence-electron chi connectivity index (χ1n) is 5.77. The van der Waals surface area contributed by atoms with Crippen molar-refractivity contribution in [1.29, 1.82) is 0 Å². The zero-order valence-electron chi connectivity index (χ0n) is 9.16. The van der Waals surface area contributed by atoms with Gasteiger partial charge in [0.2, 0.25) is 11.8 Å². The Labute approximate surface area is 90.0 Å². The molecule has 84 valence electrons. The fraction of sp³-hybridized carbons (Fsp3) is 0.818. The first kappa shape index (κ1) is 10.6. The number of hydrogen-bond donors (Lipinski definition) is 1. The molecule has 0 saturated carbocycles. The van der Waals surface area contributed by atoms with Gasteiger partial charge < -0.3 is 5.32 Å². The van der Waals surface area contributed by atoms with Gasteiger partial charge in [-0.15, -0.1) is 0 Å². The third kappa shape index (κ3) is 2.04. The van der Waals surface area contributed by atoms with Gasteiger partial charge in [-0.1, -0.05) is 6.92 Å². The molecule has 0 aliphatic carbocycles. The van der Waals surface area contributed by atoms with E-state index in [1.54, 1.807) is 0 Å². The van der Waals surface area contributed by atoms with Gasteiger partial charge in [-0.05, 0) is 32.4 Å². The average molecular weight is 210 g/mol. The van der Waals surface area contributed by atoms with E-state index in [9.17, 15) is 9.59 Å². The van der Waals surface area contributed by atoms with Gasteiger partial charge in [-0.25, -0.2) is 0 Å². The Morgan fingerprint density at radius 2 is 2.07 bits per heavy atom. The molecule has 2 fully saturated rings. The summed E-state index contributed by atoms with van der Waals surface area (Å²) in [5, 5.41) is 3.29. The van der Waals surface area contributed by atoms with Crippen LogP contribution in [0.25, 0.3) is 0 Å². The Kier molecular flexibility index (Phi) is 3.05. The van der Waals surface area contributed by atoms with Crippen molar-refractivity contribution >= 4 is 11.8 Å². The maximum absolute atomic E-state index is 11.8. The maximum Gasteiger partial charge on any atom is 0.232 e. The number of carbonyl (C=O) groups excluding carboxylic acids is 2. The smallest absolute Gasteiger partial charge is 0.232 e. The van der Waals surface area contributed by atoms with Crippen molar-refractivity contribution in [3.8, 4) is 0 Å². The average Bonchev–Trinajstić information content (AvgIpc) is 2.46. The van der Waals surface area contributed by atoms with Crippen LogP contribution in [0.2, 0.25) is 0 Å².